The maximum absolute atomic E-state index is 11.3. The molecular formula is C11H21NO4S. The average molecular weight is 263 g/mol. The van der Waals surface area contributed by atoms with Gasteiger partial charge in [-0.2, -0.15) is 0 Å². The van der Waals surface area contributed by atoms with Crippen molar-refractivity contribution in [1.82, 2.24) is 4.90 Å². The van der Waals surface area contributed by atoms with Crippen LogP contribution in [0.1, 0.15) is 26.7 Å². The molecule has 1 N–H and O–H groups in total. The van der Waals surface area contributed by atoms with E-state index >= 15 is 0 Å². The van der Waals surface area contributed by atoms with Crippen LogP contribution in [0.25, 0.3) is 0 Å². The molecule has 0 aromatic carbocycles. The minimum absolute atomic E-state index is 0.213. The molecule has 0 bridgehead atoms. The second-order valence-corrected chi connectivity index (χ2v) is 7.01. The molecule has 6 heteroatoms. The van der Waals surface area contributed by atoms with Crippen molar-refractivity contribution < 1.29 is 18.3 Å². The zero-order valence-electron chi connectivity index (χ0n) is 10.4. The second kappa shape index (κ2) is 5.82. The largest absolute Gasteiger partial charge is 0.481 e. The summed E-state index contributed by atoms with van der Waals surface area (Å²) < 4.78 is 22.6. The Bertz CT molecular complexity index is 352. The van der Waals surface area contributed by atoms with Crippen LogP contribution in [0.2, 0.25) is 0 Å². The number of hydrogen-bond donors (Lipinski definition) is 1. The van der Waals surface area contributed by atoms with E-state index < -0.39 is 21.7 Å². The summed E-state index contributed by atoms with van der Waals surface area (Å²) in [6.45, 7) is 4.93. The van der Waals surface area contributed by atoms with Crippen LogP contribution in [0.5, 0.6) is 0 Å². The van der Waals surface area contributed by atoms with Gasteiger partial charge in [0, 0.05) is 12.6 Å². The molecule has 0 radical (unpaired) electrons. The van der Waals surface area contributed by atoms with Gasteiger partial charge < -0.3 is 5.11 Å². The zero-order valence-corrected chi connectivity index (χ0v) is 11.2. The fraction of sp³-hybridized carbons (Fsp3) is 0.909. The number of carboxylic acid groups (broad SMARTS) is 1. The van der Waals surface area contributed by atoms with Gasteiger partial charge in [-0.05, 0) is 19.4 Å². The van der Waals surface area contributed by atoms with Crippen LogP contribution >= 0.6 is 0 Å². The van der Waals surface area contributed by atoms with E-state index in [4.69, 9.17) is 5.11 Å². The summed E-state index contributed by atoms with van der Waals surface area (Å²) in [5.74, 6) is -0.744. The maximum Gasteiger partial charge on any atom is 0.307 e. The lowest BCUT2D eigenvalue weighted by molar-refractivity contribution is -0.141. The van der Waals surface area contributed by atoms with Gasteiger partial charge in [-0.3, -0.25) is 9.69 Å². The van der Waals surface area contributed by atoms with Crippen LogP contribution in [-0.2, 0) is 14.6 Å². The molecule has 0 saturated carbocycles. The van der Waals surface area contributed by atoms with Gasteiger partial charge in [0.25, 0.3) is 0 Å². The van der Waals surface area contributed by atoms with Gasteiger partial charge in [0.15, 0.2) is 0 Å². The first-order valence-electron chi connectivity index (χ1n) is 6.03. The van der Waals surface area contributed by atoms with Crippen molar-refractivity contribution in [1.29, 1.82) is 0 Å². The highest BCUT2D eigenvalue weighted by molar-refractivity contribution is 7.91. The Labute approximate surface area is 103 Å². The minimum Gasteiger partial charge on any atom is -0.481 e. The highest BCUT2D eigenvalue weighted by Crippen LogP contribution is 2.19. The summed E-state index contributed by atoms with van der Waals surface area (Å²) in [5, 5.41) is 8.89. The third-order valence-corrected chi connectivity index (χ3v) is 5.09. The Morgan fingerprint density at radius 3 is 2.35 bits per heavy atom. The van der Waals surface area contributed by atoms with Crippen molar-refractivity contribution in [3.8, 4) is 0 Å². The third kappa shape index (κ3) is 4.27. The van der Waals surface area contributed by atoms with Crippen molar-refractivity contribution in [2.24, 2.45) is 5.92 Å². The molecular weight excluding hydrogens is 242 g/mol. The van der Waals surface area contributed by atoms with E-state index in [9.17, 15) is 13.2 Å². The van der Waals surface area contributed by atoms with E-state index in [0.29, 0.717) is 19.4 Å². The van der Waals surface area contributed by atoms with Gasteiger partial charge in [-0.25, -0.2) is 8.42 Å². The predicted octanol–water partition coefficient (Wildman–Crippen LogP) is 0.606. The fourth-order valence-corrected chi connectivity index (χ4v) is 3.68. The Morgan fingerprint density at radius 1 is 1.41 bits per heavy atom. The van der Waals surface area contributed by atoms with Gasteiger partial charge >= 0.3 is 5.97 Å². The normalized spacial score (nSPS) is 22.5. The molecule has 0 spiro atoms. The van der Waals surface area contributed by atoms with Crippen molar-refractivity contribution in [2.75, 3.05) is 24.6 Å². The number of rotatable bonds is 5. The Morgan fingerprint density at radius 2 is 1.94 bits per heavy atom. The molecule has 1 saturated heterocycles. The molecule has 1 aliphatic rings. The Hall–Kier alpha value is -0.620. The average Bonchev–Trinajstić information content (AvgIpc) is 2.26. The van der Waals surface area contributed by atoms with Crippen LogP contribution in [-0.4, -0.2) is 55.0 Å². The van der Waals surface area contributed by atoms with Crippen molar-refractivity contribution in [2.45, 2.75) is 32.7 Å². The topological polar surface area (TPSA) is 74.7 Å². The zero-order chi connectivity index (χ0) is 13.1. The quantitative estimate of drug-likeness (QED) is 0.786. The molecule has 0 aromatic heterocycles. The van der Waals surface area contributed by atoms with E-state index in [1.165, 1.54) is 0 Å². The molecule has 1 heterocycles. The van der Waals surface area contributed by atoms with E-state index in [2.05, 4.69) is 4.90 Å². The van der Waals surface area contributed by atoms with Gasteiger partial charge in [-0.15, -0.1) is 0 Å². The van der Waals surface area contributed by atoms with E-state index in [-0.39, 0.29) is 17.5 Å². The predicted molar refractivity (Wildman–Crippen MR) is 65.7 cm³/mol. The first-order chi connectivity index (χ1) is 7.85. The first-order valence-corrected chi connectivity index (χ1v) is 7.85. The van der Waals surface area contributed by atoms with Crippen molar-refractivity contribution >= 4 is 15.8 Å². The molecule has 5 nitrogen and oxygen atoms in total. The summed E-state index contributed by atoms with van der Waals surface area (Å²) in [7, 11) is -2.85. The van der Waals surface area contributed by atoms with Gasteiger partial charge in [-0.1, -0.05) is 13.8 Å². The van der Waals surface area contributed by atoms with E-state index in [1.54, 1.807) is 6.92 Å². The van der Waals surface area contributed by atoms with Gasteiger partial charge in [0.2, 0.25) is 0 Å². The summed E-state index contributed by atoms with van der Waals surface area (Å²) in [4.78, 5) is 12.9. The highest BCUT2D eigenvalue weighted by atomic mass is 32.2. The highest BCUT2D eigenvalue weighted by Gasteiger charge is 2.28. The standard InChI is InChI=1S/C11H21NO4S/c1-3-12(8-9(2)11(13)14)10-4-6-17(15,16)7-5-10/h9-10H,3-8H2,1-2H3,(H,13,14). The summed E-state index contributed by atoms with van der Waals surface area (Å²) in [5.41, 5.74) is 0. The Balaban J connectivity index is 2.55. The fourth-order valence-electron chi connectivity index (χ4n) is 2.21. The lowest BCUT2D eigenvalue weighted by atomic mass is 10.1. The van der Waals surface area contributed by atoms with Crippen LogP contribution in [0.3, 0.4) is 0 Å². The van der Waals surface area contributed by atoms with Crippen molar-refractivity contribution in [3.63, 3.8) is 0 Å². The van der Waals surface area contributed by atoms with Crippen molar-refractivity contribution in [3.05, 3.63) is 0 Å². The molecule has 0 amide bonds. The molecule has 0 aromatic rings. The molecule has 17 heavy (non-hydrogen) atoms. The summed E-state index contributed by atoms with van der Waals surface area (Å²) in [6, 6.07) is 0.213. The molecule has 1 aliphatic heterocycles. The molecule has 1 fully saturated rings. The van der Waals surface area contributed by atoms with Gasteiger partial charge in [0.05, 0.1) is 17.4 Å². The summed E-state index contributed by atoms with van der Waals surface area (Å²) >= 11 is 0. The lowest BCUT2D eigenvalue weighted by Crippen LogP contribution is -2.44. The van der Waals surface area contributed by atoms with E-state index in [1.807, 2.05) is 6.92 Å². The number of sulfone groups is 1. The minimum atomic E-state index is -2.85. The SMILES string of the molecule is CCN(CC(C)C(=O)O)C1CCS(=O)(=O)CC1. The number of carbonyl (C=O) groups is 1. The number of nitrogens with zero attached hydrogens (tertiary/aromatic N) is 1. The number of hydrogen-bond acceptors (Lipinski definition) is 4. The number of aliphatic carboxylic acids is 1. The lowest BCUT2D eigenvalue weighted by Gasteiger charge is -2.34. The van der Waals surface area contributed by atoms with Crippen LogP contribution in [0.15, 0.2) is 0 Å². The first kappa shape index (κ1) is 14.4. The van der Waals surface area contributed by atoms with E-state index in [0.717, 1.165) is 6.54 Å². The monoisotopic (exact) mass is 263 g/mol. The van der Waals surface area contributed by atoms with Crippen LogP contribution < -0.4 is 0 Å². The molecule has 1 atom stereocenters. The third-order valence-electron chi connectivity index (χ3n) is 3.38. The van der Waals surface area contributed by atoms with Crippen LogP contribution in [0.4, 0.5) is 0 Å². The summed E-state index contributed by atoms with van der Waals surface area (Å²) in [6.07, 6.45) is 1.25. The van der Waals surface area contributed by atoms with Gasteiger partial charge in [0.1, 0.15) is 9.84 Å². The Kier molecular flexibility index (Phi) is 4.94. The molecule has 1 unspecified atom stereocenters. The molecule has 100 valence electrons. The molecule has 0 aliphatic carbocycles. The number of carboxylic acids is 1. The smallest absolute Gasteiger partial charge is 0.307 e. The maximum atomic E-state index is 11.3. The second-order valence-electron chi connectivity index (χ2n) is 4.71. The molecule has 1 rings (SSSR count). The van der Waals surface area contributed by atoms with Crippen LogP contribution in [0, 0.1) is 5.92 Å².